The number of nitrogens with one attached hydrogen (secondary N) is 2. The Bertz CT molecular complexity index is 1080. The molecular formula is C26H31ClN4O. The Balaban J connectivity index is 1.67. The Morgan fingerprint density at radius 3 is 2.44 bits per heavy atom. The summed E-state index contributed by atoms with van der Waals surface area (Å²) in [7, 11) is 0. The van der Waals surface area contributed by atoms with E-state index in [1.54, 1.807) is 6.20 Å². The highest BCUT2D eigenvalue weighted by molar-refractivity contribution is 6.30. The zero-order chi connectivity index (χ0) is 22.9. The molecule has 3 aromatic rings. The molecule has 1 atom stereocenters. The topological polar surface area (TPSA) is 59.0 Å². The van der Waals surface area contributed by atoms with Crippen LogP contribution in [0.2, 0.25) is 5.02 Å². The van der Waals surface area contributed by atoms with Crippen molar-refractivity contribution in [3.8, 4) is 0 Å². The van der Waals surface area contributed by atoms with E-state index in [4.69, 9.17) is 11.6 Å². The first-order valence-corrected chi connectivity index (χ1v) is 11.7. The molecule has 1 aliphatic heterocycles. The highest BCUT2D eigenvalue weighted by Gasteiger charge is 2.38. The van der Waals surface area contributed by atoms with Crippen LogP contribution in [0.25, 0.3) is 0 Å². The highest BCUT2D eigenvalue weighted by Crippen LogP contribution is 2.40. The highest BCUT2D eigenvalue weighted by atomic mass is 35.5. The number of aromatic nitrogens is 2. The van der Waals surface area contributed by atoms with Crippen molar-refractivity contribution in [3.05, 3.63) is 82.5 Å². The summed E-state index contributed by atoms with van der Waals surface area (Å²) in [6.45, 7) is 8.52. The number of carbonyl (C=O) groups is 1. The van der Waals surface area contributed by atoms with Crippen LogP contribution >= 0.6 is 11.6 Å². The maximum absolute atomic E-state index is 13.6. The van der Waals surface area contributed by atoms with Crippen LogP contribution in [-0.4, -0.2) is 15.7 Å². The van der Waals surface area contributed by atoms with Gasteiger partial charge in [0, 0.05) is 5.02 Å². The number of benzene rings is 2. The third-order valence-electron chi connectivity index (χ3n) is 6.76. The second-order valence-electron chi connectivity index (χ2n) is 9.19. The number of hydrogen-bond donors (Lipinski definition) is 2. The predicted molar refractivity (Wildman–Crippen MR) is 130 cm³/mol. The molecule has 168 valence electrons. The number of anilines is 1. The Morgan fingerprint density at radius 1 is 1.16 bits per heavy atom. The average Bonchev–Trinajstić information content (AvgIpc) is 3.24. The van der Waals surface area contributed by atoms with Gasteiger partial charge in [-0.25, -0.2) is 4.68 Å². The van der Waals surface area contributed by atoms with Crippen molar-refractivity contribution in [1.29, 1.82) is 0 Å². The summed E-state index contributed by atoms with van der Waals surface area (Å²) in [6.07, 6.45) is 4.11. The van der Waals surface area contributed by atoms with Gasteiger partial charge in [0.05, 0.1) is 23.3 Å². The van der Waals surface area contributed by atoms with Crippen LogP contribution in [0.3, 0.4) is 0 Å². The van der Waals surface area contributed by atoms with Crippen molar-refractivity contribution in [1.82, 2.24) is 15.1 Å². The number of nitrogens with zero attached hydrogens (tertiary/aromatic N) is 2. The van der Waals surface area contributed by atoms with Gasteiger partial charge in [0.1, 0.15) is 11.4 Å². The van der Waals surface area contributed by atoms with Gasteiger partial charge in [0.2, 0.25) is 0 Å². The standard InChI is InChI=1S/C26H31ClN4O/c1-5-26(6-2,19-12-14-20(27)15-13-19)30-24(32)21-17-28-31-23(21)29-22(16-25(31,3)4)18-10-8-7-9-11-18/h7-15,17,22,29H,5-6,16H2,1-4H3,(H,30,32)/t22-/m1/s1. The molecule has 0 spiro atoms. The summed E-state index contributed by atoms with van der Waals surface area (Å²) in [5.41, 5.74) is 2.13. The number of amides is 1. The maximum atomic E-state index is 13.6. The van der Waals surface area contributed by atoms with Gasteiger partial charge in [0.25, 0.3) is 5.91 Å². The van der Waals surface area contributed by atoms with Gasteiger partial charge in [-0.05, 0) is 56.4 Å². The lowest BCUT2D eigenvalue weighted by atomic mass is 9.84. The zero-order valence-corrected chi connectivity index (χ0v) is 19.9. The molecule has 1 aromatic heterocycles. The maximum Gasteiger partial charge on any atom is 0.257 e. The molecule has 0 saturated heterocycles. The lowest BCUT2D eigenvalue weighted by molar-refractivity contribution is 0.0890. The molecule has 2 N–H and O–H groups in total. The van der Waals surface area contributed by atoms with E-state index in [9.17, 15) is 4.79 Å². The van der Waals surface area contributed by atoms with Crippen molar-refractivity contribution in [2.75, 3.05) is 5.32 Å². The van der Waals surface area contributed by atoms with Gasteiger partial charge >= 0.3 is 0 Å². The first-order valence-electron chi connectivity index (χ1n) is 11.3. The van der Waals surface area contributed by atoms with Gasteiger partial charge < -0.3 is 10.6 Å². The van der Waals surface area contributed by atoms with E-state index in [-0.39, 0.29) is 17.5 Å². The summed E-state index contributed by atoms with van der Waals surface area (Å²) >= 11 is 6.10. The lowest BCUT2D eigenvalue weighted by Gasteiger charge is -2.38. The summed E-state index contributed by atoms with van der Waals surface area (Å²) in [4.78, 5) is 13.6. The van der Waals surface area contributed by atoms with Crippen LogP contribution < -0.4 is 10.6 Å². The normalized spacial score (nSPS) is 17.3. The minimum atomic E-state index is -0.473. The van der Waals surface area contributed by atoms with Crippen molar-refractivity contribution in [2.45, 2.75) is 64.1 Å². The van der Waals surface area contributed by atoms with E-state index < -0.39 is 5.54 Å². The van der Waals surface area contributed by atoms with Gasteiger partial charge in [0.15, 0.2) is 0 Å². The summed E-state index contributed by atoms with van der Waals surface area (Å²) in [5.74, 6) is 0.645. The number of carbonyl (C=O) groups excluding carboxylic acids is 1. The largest absolute Gasteiger partial charge is 0.363 e. The minimum absolute atomic E-state index is 0.111. The Hall–Kier alpha value is -2.79. The monoisotopic (exact) mass is 450 g/mol. The molecule has 4 rings (SSSR count). The quantitative estimate of drug-likeness (QED) is 0.465. The van der Waals surface area contributed by atoms with Crippen LogP contribution in [0.4, 0.5) is 5.82 Å². The third kappa shape index (κ3) is 4.02. The Labute approximate surface area is 195 Å². The summed E-state index contributed by atoms with van der Waals surface area (Å²) < 4.78 is 1.95. The van der Waals surface area contributed by atoms with Crippen LogP contribution in [0.1, 0.15) is 74.5 Å². The van der Waals surface area contributed by atoms with Gasteiger partial charge in [-0.15, -0.1) is 0 Å². The van der Waals surface area contributed by atoms with Crippen LogP contribution in [0.15, 0.2) is 60.8 Å². The smallest absolute Gasteiger partial charge is 0.257 e. The molecule has 5 nitrogen and oxygen atoms in total. The van der Waals surface area contributed by atoms with Crippen molar-refractivity contribution in [3.63, 3.8) is 0 Å². The van der Waals surface area contributed by atoms with Crippen molar-refractivity contribution >= 4 is 23.3 Å². The van der Waals surface area contributed by atoms with Gasteiger partial charge in [-0.3, -0.25) is 4.79 Å². The molecule has 1 amide bonds. The predicted octanol–water partition coefficient (Wildman–Crippen LogP) is 6.27. The van der Waals surface area contributed by atoms with E-state index in [0.29, 0.717) is 10.6 Å². The molecule has 2 aromatic carbocycles. The average molecular weight is 451 g/mol. The number of fused-ring (bicyclic) bond motifs is 1. The molecule has 0 aliphatic carbocycles. The van der Waals surface area contributed by atoms with Crippen molar-refractivity contribution in [2.24, 2.45) is 0 Å². The van der Waals surface area contributed by atoms with Crippen LogP contribution in [0.5, 0.6) is 0 Å². The zero-order valence-electron chi connectivity index (χ0n) is 19.2. The molecule has 0 saturated carbocycles. The lowest BCUT2D eigenvalue weighted by Crippen LogP contribution is -2.45. The molecule has 0 fully saturated rings. The van der Waals surface area contributed by atoms with Gasteiger partial charge in [-0.1, -0.05) is 67.9 Å². The fourth-order valence-electron chi connectivity index (χ4n) is 4.76. The molecule has 0 radical (unpaired) electrons. The first-order chi connectivity index (χ1) is 15.3. The molecule has 32 heavy (non-hydrogen) atoms. The molecule has 2 heterocycles. The second kappa shape index (κ2) is 8.62. The summed E-state index contributed by atoms with van der Waals surface area (Å²) in [6, 6.07) is 18.2. The summed E-state index contributed by atoms with van der Waals surface area (Å²) in [5, 5.41) is 12.2. The van der Waals surface area contributed by atoms with E-state index in [0.717, 1.165) is 30.6 Å². The van der Waals surface area contributed by atoms with Gasteiger partial charge in [-0.2, -0.15) is 5.10 Å². The molecule has 0 bridgehead atoms. The molecule has 0 unspecified atom stereocenters. The SMILES string of the molecule is CCC(CC)(NC(=O)c1cnn2c1N[C@@H](c1ccccc1)CC2(C)C)c1ccc(Cl)cc1. The third-order valence-corrected chi connectivity index (χ3v) is 7.01. The Morgan fingerprint density at radius 2 is 1.81 bits per heavy atom. The molecule has 1 aliphatic rings. The van der Waals surface area contributed by atoms with E-state index >= 15 is 0 Å². The van der Waals surface area contributed by atoms with Crippen molar-refractivity contribution < 1.29 is 4.79 Å². The fraction of sp³-hybridized carbons (Fsp3) is 0.385. The number of hydrogen-bond acceptors (Lipinski definition) is 3. The fourth-order valence-corrected chi connectivity index (χ4v) is 4.89. The Kier molecular flexibility index (Phi) is 6.04. The number of rotatable bonds is 6. The van der Waals surface area contributed by atoms with Crippen LogP contribution in [0, 0.1) is 0 Å². The molecular weight excluding hydrogens is 420 g/mol. The van der Waals surface area contributed by atoms with Crippen LogP contribution in [-0.2, 0) is 11.1 Å². The first kappa shape index (κ1) is 22.4. The van der Waals surface area contributed by atoms with E-state index in [1.165, 1.54) is 5.56 Å². The van der Waals surface area contributed by atoms with E-state index in [2.05, 4.69) is 55.6 Å². The number of halogens is 1. The van der Waals surface area contributed by atoms with E-state index in [1.807, 2.05) is 47.1 Å². The molecule has 6 heteroatoms. The second-order valence-corrected chi connectivity index (χ2v) is 9.63. The minimum Gasteiger partial charge on any atom is -0.363 e.